The molecule has 1 aromatic heterocycles. The van der Waals surface area contributed by atoms with Gasteiger partial charge in [0.1, 0.15) is 5.75 Å². The number of fused-ring (bicyclic) bond motifs is 1. The summed E-state index contributed by atoms with van der Waals surface area (Å²) < 4.78 is 2.44. The number of halogens is 1. The fraction of sp³-hybridized carbons (Fsp3) is 0.0476. The Morgan fingerprint density at radius 2 is 1.78 bits per heavy atom. The van der Waals surface area contributed by atoms with Crippen molar-refractivity contribution < 1.29 is 5.11 Å². The molecular formula is C21H16BrN3O2. The maximum atomic E-state index is 13.1. The predicted octanol–water partition coefficient (Wildman–Crippen LogP) is 4.28. The van der Waals surface area contributed by atoms with Crippen LogP contribution in [0.5, 0.6) is 5.75 Å². The quantitative estimate of drug-likeness (QED) is 0.516. The molecule has 134 valence electrons. The minimum Gasteiger partial charge on any atom is -0.508 e. The zero-order chi connectivity index (χ0) is 18.8. The second-order valence-electron chi connectivity index (χ2n) is 6.10. The normalized spacial score (nSPS) is 10.9. The highest BCUT2D eigenvalue weighted by atomic mass is 79.9. The molecule has 0 spiro atoms. The standard InChI is InChI=1S/C21H16BrN3O2/c22-16-10-8-14(9-11-16)13-23-25-20(15-4-3-5-17(26)12-15)24-19-7-2-1-6-18(19)21(25)27/h1-12,23,26H,13H2. The molecule has 0 radical (unpaired) electrons. The molecule has 6 heteroatoms. The van der Waals surface area contributed by atoms with E-state index in [-0.39, 0.29) is 11.3 Å². The van der Waals surface area contributed by atoms with E-state index in [0.29, 0.717) is 28.8 Å². The van der Waals surface area contributed by atoms with E-state index in [0.717, 1.165) is 10.0 Å². The van der Waals surface area contributed by atoms with Crippen LogP contribution in [0.4, 0.5) is 0 Å². The molecule has 0 fully saturated rings. The van der Waals surface area contributed by atoms with Crippen molar-refractivity contribution in [1.82, 2.24) is 9.66 Å². The van der Waals surface area contributed by atoms with Gasteiger partial charge in [-0.05, 0) is 42.0 Å². The van der Waals surface area contributed by atoms with E-state index in [1.54, 1.807) is 24.3 Å². The zero-order valence-corrected chi connectivity index (χ0v) is 15.8. The summed E-state index contributed by atoms with van der Waals surface area (Å²) in [6, 6.07) is 21.8. The Hall–Kier alpha value is -3.12. The van der Waals surface area contributed by atoms with Crippen LogP contribution < -0.4 is 11.0 Å². The van der Waals surface area contributed by atoms with Crippen LogP contribution in [0.3, 0.4) is 0 Å². The lowest BCUT2D eigenvalue weighted by Crippen LogP contribution is -2.31. The second-order valence-corrected chi connectivity index (χ2v) is 7.02. The monoisotopic (exact) mass is 421 g/mol. The molecular weight excluding hydrogens is 406 g/mol. The van der Waals surface area contributed by atoms with Gasteiger partial charge in [0.25, 0.3) is 5.56 Å². The molecule has 5 nitrogen and oxygen atoms in total. The van der Waals surface area contributed by atoms with E-state index in [2.05, 4.69) is 26.3 Å². The minimum atomic E-state index is -0.184. The molecule has 0 saturated heterocycles. The van der Waals surface area contributed by atoms with Crippen molar-refractivity contribution in [3.8, 4) is 17.1 Å². The molecule has 1 heterocycles. The molecule has 0 aliphatic heterocycles. The van der Waals surface area contributed by atoms with Crippen LogP contribution in [-0.2, 0) is 6.54 Å². The summed E-state index contributed by atoms with van der Waals surface area (Å²) in [6.45, 7) is 0.457. The number of rotatable bonds is 4. The predicted molar refractivity (Wildman–Crippen MR) is 110 cm³/mol. The molecule has 0 unspecified atom stereocenters. The Morgan fingerprint density at radius 3 is 2.56 bits per heavy atom. The van der Waals surface area contributed by atoms with E-state index in [4.69, 9.17) is 0 Å². The average Bonchev–Trinajstić information content (AvgIpc) is 2.68. The third-order valence-electron chi connectivity index (χ3n) is 4.23. The molecule has 4 aromatic rings. The molecule has 0 saturated carbocycles. The Morgan fingerprint density at radius 1 is 1.00 bits per heavy atom. The highest BCUT2D eigenvalue weighted by Gasteiger charge is 2.13. The first kappa shape index (κ1) is 17.3. The van der Waals surface area contributed by atoms with Crippen LogP contribution in [-0.4, -0.2) is 14.8 Å². The number of phenols is 1. The van der Waals surface area contributed by atoms with Crippen molar-refractivity contribution in [2.24, 2.45) is 0 Å². The Bertz CT molecular complexity index is 1170. The van der Waals surface area contributed by atoms with E-state index in [9.17, 15) is 9.90 Å². The number of benzene rings is 3. The number of aromatic hydroxyl groups is 1. The van der Waals surface area contributed by atoms with Gasteiger partial charge in [0.15, 0.2) is 5.82 Å². The van der Waals surface area contributed by atoms with Gasteiger partial charge in [-0.2, -0.15) is 0 Å². The van der Waals surface area contributed by atoms with Crippen molar-refractivity contribution >= 4 is 26.8 Å². The fourth-order valence-corrected chi connectivity index (χ4v) is 3.15. The molecule has 0 amide bonds. The summed E-state index contributed by atoms with van der Waals surface area (Å²) in [7, 11) is 0. The summed E-state index contributed by atoms with van der Waals surface area (Å²) in [4.78, 5) is 17.7. The molecule has 0 aliphatic carbocycles. The lowest BCUT2D eigenvalue weighted by Gasteiger charge is -2.16. The van der Waals surface area contributed by atoms with Crippen molar-refractivity contribution in [2.75, 3.05) is 5.43 Å². The van der Waals surface area contributed by atoms with Crippen molar-refractivity contribution in [2.45, 2.75) is 6.54 Å². The van der Waals surface area contributed by atoms with Gasteiger partial charge in [-0.1, -0.05) is 52.3 Å². The first-order valence-electron chi connectivity index (χ1n) is 8.41. The van der Waals surface area contributed by atoms with Gasteiger partial charge in [-0.3, -0.25) is 4.79 Å². The fourth-order valence-electron chi connectivity index (χ4n) is 2.89. The largest absolute Gasteiger partial charge is 0.508 e. The highest BCUT2D eigenvalue weighted by molar-refractivity contribution is 9.10. The van der Waals surface area contributed by atoms with Crippen molar-refractivity contribution in [1.29, 1.82) is 0 Å². The van der Waals surface area contributed by atoms with Crippen molar-refractivity contribution in [3.05, 3.63) is 93.2 Å². The summed E-state index contributed by atoms with van der Waals surface area (Å²) in [5.74, 6) is 0.570. The molecule has 0 bridgehead atoms. The number of aromatic nitrogens is 2. The van der Waals surface area contributed by atoms with Gasteiger partial charge in [0, 0.05) is 10.0 Å². The summed E-state index contributed by atoms with van der Waals surface area (Å²) in [5.41, 5.74) is 5.28. The van der Waals surface area contributed by atoms with Gasteiger partial charge in [0.2, 0.25) is 0 Å². The maximum Gasteiger partial charge on any atom is 0.280 e. The number of hydrogen-bond acceptors (Lipinski definition) is 4. The van der Waals surface area contributed by atoms with Gasteiger partial charge in [0.05, 0.1) is 17.4 Å². The molecule has 0 aliphatic rings. The first-order valence-corrected chi connectivity index (χ1v) is 9.20. The third-order valence-corrected chi connectivity index (χ3v) is 4.76. The van der Waals surface area contributed by atoms with Crippen LogP contribution in [0, 0.1) is 0 Å². The van der Waals surface area contributed by atoms with Crippen LogP contribution in [0.1, 0.15) is 5.56 Å². The van der Waals surface area contributed by atoms with Gasteiger partial charge in [-0.15, -0.1) is 0 Å². The van der Waals surface area contributed by atoms with E-state index >= 15 is 0 Å². The van der Waals surface area contributed by atoms with Crippen LogP contribution in [0.2, 0.25) is 0 Å². The lowest BCUT2D eigenvalue weighted by molar-refractivity contribution is 0.475. The Balaban J connectivity index is 1.83. The van der Waals surface area contributed by atoms with Crippen LogP contribution >= 0.6 is 15.9 Å². The third kappa shape index (κ3) is 3.57. The summed E-state index contributed by atoms with van der Waals surface area (Å²) >= 11 is 3.42. The molecule has 0 atom stereocenters. The zero-order valence-electron chi connectivity index (χ0n) is 14.3. The summed E-state index contributed by atoms with van der Waals surface area (Å²) in [6.07, 6.45) is 0. The van der Waals surface area contributed by atoms with Gasteiger partial charge >= 0.3 is 0 Å². The van der Waals surface area contributed by atoms with E-state index in [1.807, 2.05) is 48.5 Å². The minimum absolute atomic E-state index is 0.120. The van der Waals surface area contributed by atoms with Gasteiger partial charge < -0.3 is 10.5 Å². The molecule has 2 N–H and O–H groups in total. The number of phenolic OH excluding ortho intramolecular Hbond substituents is 1. The average molecular weight is 422 g/mol. The van der Waals surface area contributed by atoms with Crippen molar-refractivity contribution in [3.63, 3.8) is 0 Å². The van der Waals surface area contributed by atoms with Crippen LogP contribution in [0.15, 0.2) is 82.1 Å². The topological polar surface area (TPSA) is 67.1 Å². The molecule has 3 aromatic carbocycles. The smallest absolute Gasteiger partial charge is 0.280 e. The highest BCUT2D eigenvalue weighted by Crippen LogP contribution is 2.22. The maximum absolute atomic E-state index is 13.1. The Labute approximate surface area is 164 Å². The number of para-hydroxylation sites is 1. The van der Waals surface area contributed by atoms with E-state index in [1.165, 1.54) is 4.68 Å². The van der Waals surface area contributed by atoms with Crippen LogP contribution in [0.25, 0.3) is 22.3 Å². The number of nitrogens with one attached hydrogen (secondary N) is 1. The molecule has 27 heavy (non-hydrogen) atoms. The first-order chi connectivity index (χ1) is 13.1. The number of hydrogen-bond donors (Lipinski definition) is 2. The van der Waals surface area contributed by atoms with E-state index < -0.39 is 0 Å². The lowest BCUT2D eigenvalue weighted by atomic mass is 10.2. The van der Waals surface area contributed by atoms with Gasteiger partial charge in [-0.25, -0.2) is 9.66 Å². The second kappa shape index (κ2) is 7.25. The molecule has 4 rings (SSSR count). The SMILES string of the molecule is O=c1c2ccccc2nc(-c2cccc(O)c2)n1NCc1ccc(Br)cc1. The summed E-state index contributed by atoms with van der Waals surface area (Å²) in [5, 5.41) is 10.4. The Kier molecular flexibility index (Phi) is 4.64. The number of nitrogens with zero attached hydrogens (tertiary/aromatic N) is 2.